The summed E-state index contributed by atoms with van der Waals surface area (Å²) >= 11 is 0.969. The molecule has 1 aromatic carbocycles. The predicted octanol–water partition coefficient (Wildman–Crippen LogP) is 2.88. The third-order valence-electron chi connectivity index (χ3n) is 4.17. The van der Waals surface area contributed by atoms with Gasteiger partial charge in [0.15, 0.2) is 18.1 Å². The number of nitrogens with one attached hydrogen (secondary N) is 1. The van der Waals surface area contributed by atoms with Crippen LogP contribution in [-0.4, -0.2) is 57.0 Å². The monoisotopic (exact) mass is 517 g/mol. The largest absolute Gasteiger partial charge is 0.493 e. The van der Waals surface area contributed by atoms with Gasteiger partial charge in [0.05, 0.1) is 18.5 Å². The summed E-state index contributed by atoms with van der Waals surface area (Å²) in [5.74, 6) is -3.25. The number of aromatic nitrogens is 2. The maximum atomic E-state index is 12.5. The Balaban J connectivity index is 0.000000540. The number of rotatable bonds is 6. The number of benzene rings is 1. The number of carboxylic acids is 2. The molecule has 0 radical (unpaired) electrons. The summed E-state index contributed by atoms with van der Waals surface area (Å²) in [5, 5.41) is 19.0. The minimum atomic E-state index is -5.08. The zero-order chi connectivity index (χ0) is 26.3. The van der Waals surface area contributed by atoms with Gasteiger partial charge < -0.3 is 25.0 Å². The number of alkyl halides is 3. The van der Waals surface area contributed by atoms with Crippen LogP contribution in [0.3, 0.4) is 0 Å². The smallest absolute Gasteiger partial charge is 0.490 e. The average Bonchev–Trinajstić information content (AvgIpc) is 3.14. The van der Waals surface area contributed by atoms with E-state index in [1.165, 1.54) is 7.11 Å². The van der Waals surface area contributed by atoms with Crippen molar-refractivity contribution < 1.29 is 47.2 Å². The highest BCUT2D eigenvalue weighted by Crippen LogP contribution is 2.30. The van der Waals surface area contributed by atoms with Crippen LogP contribution in [-0.2, 0) is 9.59 Å². The molecule has 1 amide bonds. The second-order valence-electron chi connectivity index (χ2n) is 6.61. The molecule has 3 rings (SSSR count). The molecule has 0 fully saturated rings. The number of carbonyl (C=O) groups is 3. The molecule has 1 unspecified atom stereocenters. The van der Waals surface area contributed by atoms with E-state index in [2.05, 4.69) is 10.3 Å². The van der Waals surface area contributed by atoms with E-state index in [-0.39, 0.29) is 5.75 Å². The molecule has 2 heterocycles. The molecule has 11 nitrogen and oxygen atoms in total. The molecule has 2 aromatic heterocycles. The van der Waals surface area contributed by atoms with Crippen LogP contribution in [0.4, 0.5) is 18.0 Å². The fourth-order valence-corrected chi connectivity index (χ4v) is 3.39. The Morgan fingerprint density at radius 3 is 2.40 bits per heavy atom. The average molecular weight is 517 g/mol. The molecule has 0 aliphatic carbocycles. The van der Waals surface area contributed by atoms with Crippen LogP contribution < -0.4 is 20.3 Å². The van der Waals surface area contributed by atoms with Crippen molar-refractivity contribution in [2.75, 3.05) is 13.7 Å². The van der Waals surface area contributed by atoms with Crippen LogP contribution in [0.15, 0.2) is 41.3 Å². The first-order chi connectivity index (χ1) is 16.3. The summed E-state index contributed by atoms with van der Waals surface area (Å²) in [6.07, 6.45) is -3.52. The van der Waals surface area contributed by atoms with Gasteiger partial charge in [-0.15, -0.1) is 0 Å². The fourth-order valence-electron chi connectivity index (χ4n) is 2.54. The summed E-state index contributed by atoms with van der Waals surface area (Å²) in [5.41, 5.74) is 0.271. The van der Waals surface area contributed by atoms with E-state index < -0.39 is 42.4 Å². The predicted molar refractivity (Wildman–Crippen MR) is 116 cm³/mol. The van der Waals surface area contributed by atoms with Crippen molar-refractivity contribution in [3.8, 4) is 11.5 Å². The Morgan fingerprint density at radius 1 is 1.20 bits per heavy atom. The van der Waals surface area contributed by atoms with Crippen molar-refractivity contribution in [2.24, 2.45) is 0 Å². The maximum Gasteiger partial charge on any atom is 0.490 e. The Labute approximate surface area is 198 Å². The number of carboxylic acid groups (broad SMARTS) is 2. The zero-order valence-electron chi connectivity index (χ0n) is 18.0. The number of halogens is 3. The maximum absolute atomic E-state index is 12.5. The minimum Gasteiger partial charge on any atom is -0.493 e. The van der Waals surface area contributed by atoms with Crippen molar-refractivity contribution in [1.29, 1.82) is 0 Å². The number of hydrogen-bond donors (Lipinski definition) is 3. The molecule has 0 saturated carbocycles. The summed E-state index contributed by atoms with van der Waals surface area (Å²) < 4.78 is 43.1. The van der Waals surface area contributed by atoms with E-state index in [1.54, 1.807) is 43.5 Å². The number of fused-ring (bicyclic) bond motifs is 1. The number of amides is 1. The SMILES string of the molecule is COc1cc(C(C)NC(=O)n2sc3ncccc3c2=O)ccc1OCC(=O)O.O=C(O)C(F)(F)F. The summed E-state index contributed by atoms with van der Waals surface area (Å²) in [6.45, 7) is 1.26. The third-order valence-corrected chi connectivity index (χ3v) is 5.18. The number of hydrogen-bond acceptors (Lipinski definition) is 8. The molecular weight excluding hydrogens is 499 g/mol. The molecule has 3 N–H and O–H groups in total. The van der Waals surface area contributed by atoms with Crippen LogP contribution in [0, 0.1) is 0 Å². The topological polar surface area (TPSA) is 157 Å². The van der Waals surface area contributed by atoms with Gasteiger partial charge in [0.2, 0.25) is 0 Å². The van der Waals surface area contributed by atoms with Crippen molar-refractivity contribution in [2.45, 2.75) is 19.1 Å². The lowest BCUT2D eigenvalue weighted by molar-refractivity contribution is -0.192. The molecule has 15 heteroatoms. The van der Waals surface area contributed by atoms with Gasteiger partial charge in [0.1, 0.15) is 4.83 Å². The zero-order valence-corrected chi connectivity index (χ0v) is 18.8. The van der Waals surface area contributed by atoms with Gasteiger partial charge in [-0.05, 0) is 48.3 Å². The molecule has 3 aromatic rings. The first-order valence-electron chi connectivity index (χ1n) is 9.45. The number of methoxy groups -OCH3 is 1. The molecular formula is C20H18F3N3O8S. The highest BCUT2D eigenvalue weighted by Gasteiger charge is 2.38. The van der Waals surface area contributed by atoms with Crippen LogP contribution >= 0.6 is 11.5 Å². The number of ether oxygens (including phenoxy) is 2. The van der Waals surface area contributed by atoms with Crippen LogP contribution in [0.2, 0.25) is 0 Å². The van der Waals surface area contributed by atoms with E-state index >= 15 is 0 Å². The molecule has 0 saturated heterocycles. The van der Waals surface area contributed by atoms with Gasteiger partial charge in [-0.1, -0.05) is 6.07 Å². The van der Waals surface area contributed by atoms with E-state index in [0.717, 1.165) is 15.5 Å². The molecule has 0 bridgehead atoms. The van der Waals surface area contributed by atoms with E-state index in [9.17, 15) is 27.6 Å². The van der Waals surface area contributed by atoms with Gasteiger partial charge in [0, 0.05) is 6.20 Å². The second kappa shape index (κ2) is 11.3. The van der Waals surface area contributed by atoms with Gasteiger partial charge in [-0.3, -0.25) is 4.79 Å². The molecule has 0 aliphatic rings. The van der Waals surface area contributed by atoms with Crippen LogP contribution in [0.5, 0.6) is 11.5 Å². The fraction of sp³-hybridized carbons (Fsp3) is 0.250. The lowest BCUT2D eigenvalue weighted by atomic mass is 10.1. The quantitative estimate of drug-likeness (QED) is 0.447. The molecule has 35 heavy (non-hydrogen) atoms. The lowest BCUT2D eigenvalue weighted by Crippen LogP contribution is -2.34. The van der Waals surface area contributed by atoms with E-state index in [1.807, 2.05) is 0 Å². The summed E-state index contributed by atoms with van der Waals surface area (Å²) in [6, 6.07) is 7.13. The van der Waals surface area contributed by atoms with Crippen molar-refractivity contribution in [3.63, 3.8) is 0 Å². The standard InChI is InChI=1S/C18H17N3O6S.C2HF3O2/c1-10(11-5-6-13(14(8-11)26-2)27-9-15(22)23)20-18(25)21-17(24)12-4-3-7-19-16(12)28-21;3-2(4,5)1(6)7/h3-8,10H,9H2,1-2H3,(H,20,25)(H,22,23);(H,6,7). The molecule has 0 spiro atoms. The molecule has 188 valence electrons. The van der Waals surface area contributed by atoms with Gasteiger partial charge in [-0.2, -0.15) is 17.1 Å². The van der Waals surface area contributed by atoms with Crippen molar-refractivity contribution >= 4 is 39.7 Å². The van der Waals surface area contributed by atoms with Crippen LogP contribution in [0.25, 0.3) is 10.2 Å². The van der Waals surface area contributed by atoms with Crippen molar-refractivity contribution in [3.05, 3.63) is 52.4 Å². The number of aliphatic carboxylic acids is 2. The van der Waals surface area contributed by atoms with Gasteiger partial charge in [0.25, 0.3) is 5.56 Å². The Kier molecular flexibility index (Phi) is 8.77. The van der Waals surface area contributed by atoms with Gasteiger partial charge >= 0.3 is 24.1 Å². The first-order valence-corrected chi connectivity index (χ1v) is 10.2. The Bertz CT molecular complexity index is 1290. The third kappa shape index (κ3) is 7.17. The Morgan fingerprint density at radius 2 is 1.86 bits per heavy atom. The molecule has 0 aliphatic heterocycles. The van der Waals surface area contributed by atoms with E-state index in [0.29, 0.717) is 21.5 Å². The first kappa shape index (κ1) is 27.1. The number of nitrogens with zero attached hydrogens (tertiary/aromatic N) is 2. The highest BCUT2D eigenvalue weighted by molar-refractivity contribution is 7.14. The van der Waals surface area contributed by atoms with Gasteiger partial charge in [-0.25, -0.2) is 19.4 Å². The second-order valence-corrected chi connectivity index (χ2v) is 7.55. The summed E-state index contributed by atoms with van der Waals surface area (Å²) in [7, 11) is 1.43. The van der Waals surface area contributed by atoms with Crippen LogP contribution in [0.1, 0.15) is 18.5 Å². The normalized spacial score (nSPS) is 11.7. The highest BCUT2D eigenvalue weighted by atomic mass is 32.1. The summed E-state index contributed by atoms with van der Waals surface area (Å²) in [4.78, 5) is 49.0. The number of carbonyl (C=O) groups excluding carboxylic acids is 1. The van der Waals surface area contributed by atoms with E-state index in [4.69, 9.17) is 24.5 Å². The lowest BCUT2D eigenvalue weighted by Gasteiger charge is -2.16. The number of pyridine rings is 1. The minimum absolute atomic E-state index is 0.277. The molecule has 1 atom stereocenters. The Hall–Kier alpha value is -4.14. The van der Waals surface area contributed by atoms with Crippen molar-refractivity contribution in [1.82, 2.24) is 14.3 Å².